The molecule has 1 aromatic heterocycles. The Morgan fingerprint density at radius 1 is 1.32 bits per heavy atom. The van der Waals surface area contributed by atoms with Crippen molar-refractivity contribution in [3.8, 4) is 5.69 Å². The standard InChI is InChI=1S/C12H15Cl2N5/c1-18(5-4-15)7-9-8-19(17-16-9)10-2-3-11(13)12(14)6-10/h2-3,6,8H,4-5,7,15H2,1H3. The fraction of sp³-hybridized carbons (Fsp3) is 0.333. The fourth-order valence-corrected chi connectivity index (χ4v) is 1.99. The largest absolute Gasteiger partial charge is 0.329 e. The lowest BCUT2D eigenvalue weighted by Crippen LogP contribution is -2.25. The Balaban J connectivity index is 2.14. The van der Waals surface area contributed by atoms with Gasteiger partial charge in [0.2, 0.25) is 0 Å². The molecule has 0 saturated heterocycles. The zero-order valence-electron chi connectivity index (χ0n) is 10.6. The molecule has 1 heterocycles. The molecule has 102 valence electrons. The number of hydrogen-bond donors (Lipinski definition) is 1. The van der Waals surface area contributed by atoms with Gasteiger partial charge >= 0.3 is 0 Å². The highest BCUT2D eigenvalue weighted by Gasteiger charge is 2.07. The molecule has 0 aliphatic heterocycles. The molecule has 2 N–H and O–H groups in total. The smallest absolute Gasteiger partial charge is 0.0971 e. The summed E-state index contributed by atoms with van der Waals surface area (Å²) in [6, 6.07) is 5.34. The van der Waals surface area contributed by atoms with Gasteiger partial charge in [0, 0.05) is 19.6 Å². The van der Waals surface area contributed by atoms with Crippen molar-refractivity contribution in [3.63, 3.8) is 0 Å². The third kappa shape index (κ3) is 3.67. The summed E-state index contributed by atoms with van der Waals surface area (Å²) < 4.78 is 1.67. The van der Waals surface area contributed by atoms with E-state index in [1.165, 1.54) is 0 Å². The Morgan fingerprint density at radius 3 is 2.79 bits per heavy atom. The molecule has 19 heavy (non-hydrogen) atoms. The molecule has 0 radical (unpaired) electrons. The maximum Gasteiger partial charge on any atom is 0.0971 e. The first-order valence-corrected chi connectivity index (χ1v) is 6.61. The van der Waals surface area contributed by atoms with E-state index < -0.39 is 0 Å². The van der Waals surface area contributed by atoms with Crippen molar-refractivity contribution in [1.82, 2.24) is 19.9 Å². The third-order valence-corrected chi connectivity index (χ3v) is 3.39. The van der Waals surface area contributed by atoms with Crippen LogP contribution < -0.4 is 5.73 Å². The minimum Gasteiger partial charge on any atom is -0.329 e. The number of halogens is 2. The van der Waals surface area contributed by atoms with Crippen LogP contribution in [-0.2, 0) is 6.54 Å². The Bertz CT molecular complexity index is 555. The van der Waals surface area contributed by atoms with Gasteiger partial charge in [0.1, 0.15) is 0 Å². The van der Waals surface area contributed by atoms with E-state index >= 15 is 0 Å². The van der Waals surface area contributed by atoms with Gasteiger partial charge in [-0.25, -0.2) is 4.68 Å². The number of likely N-dealkylation sites (N-methyl/N-ethyl adjacent to an activating group) is 1. The molecule has 0 bridgehead atoms. The molecule has 5 nitrogen and oxygen atoms in total. The lowest BCUT2D eigenvalue weighted by Gasteiger charge is -2.12. The quantitative estimate of drug-likeness (QED) is 0.917. The van der Waals surface area contributed by atoms with Crippen molar-refractivity contribution in [1.29, 1.82) is 0 Å². The lowest BCUT2D eigenvalue weighted by atomic mass is 10.3. The van der Waals surface area contributed by atoms with Crippen LogP contribution in [-0.4, -0.2) is 40.0 Å². The summed E-state index contributed by atoms with van der Waals surface area (Å²) in [5.74, 6) is 0. The van der Waals surface area contributed by atoms with Gasteiger partial charge in [0.05, 0.1) is 27.6 Å². The first kappa shape index (κ1) is 14.3. The summed E-state index contributed by atoms with van der Waals surface area (Å²) in [7, 11) is 1.99. The SMILES string of the molecule is CN(CCN)Cc1cn(-c2ccc(Cl)c(Cl)c2)nn1. The van der Waals surface area contributed by atoms with E-state index in [0.29, 0.717) is 23.1 Å². The van der Waals surface area contributed by atoms with Crippen molar-refractivity contribution in [3.05, 3.63) is 40.1 Å². The molecule has 2 rings (SSSR count). The summed E-state index contributed by atoms with van der Waals surface area (Å²) in [6.45, 7) is 2.15. The lowest BCUT2D eigenvalue weighted by molar-refractivity contribution is 0.332. The number of hydrogen-bond acceptors (Lipinski definition) is 4. The molecule has 0 aliphatic rings. The van der Waals surface area contributed by atoms with Gasteiger partial charge in [-0.05, 0) is 25.2 Å². The van der Waals surface area contributed by atoms with Crippen LogP contribution in [0.5, 0.6) is 0 Å². The van der Waals surface area contributed by atoms with Crippen molar-refractivity contribution in [2.24, 2.45) is 5.73 Å². The number of benzene rings is 1. The van der Waals surface area contributed by atoms with Gasteiger partial charge in [-0.3, -0.25) is 4.90 Å². The highest BCUT2D eigenvalue weighted by atomic mass is 35.5. The number of rotatable bonds is 5. The fourth-order valence-electron chi connectivity index (χ4n) is 1.70. The normalized spacial score (nSPS) is 11.2. The second-order valence-electron chi connectivity index (χ2n) is 4.28. The van der Waals surface area contributed by atoms with E-state index in [-0.39, 0.29) is 0 Å². The summed E-state index contributed by atoms with van der Waals surface area (Å²) in [5.41, 5.74) is 7.21. The van der Waals surface area contributed by atoms with Crippen LogP contribution in [0.15, 0.2) is 24.4 Å². The molecule has 0 fully saturated rings. The number of nitrogens with zero attached hydrogens (tertiary/aromatic N) is 4. The van der Waals surface area contributed by atoms with Gasteiger partial charge in [-0.2, -0.15) is 0 Å². The van der Waals surface area contributed by atoms with Crippen LogP contribution in [0.25, 0.3) is 5.69 Å². The molecule has 1 aromatic carbocycles. The molecule has 0 saturated carbocycles. The summed E-state index contributed by atoms with van der Waals surface area (Å²) >= 11 is 11.9. The average Bonchev–Trinajstić information content (AvgIpc) is 2.81. The molecule has 0 spiro atoms. The van der Waals surface area contributed by atoms with Gasteiger partial charge < -0.3 is 5.73 Å². The monoisotopic (exact) mass is 299 g/mol. The topological polar surface area (TPSA) is 60.0 Å². The Morgan fingerprint density at radius 2 is 2.11 bits per heavy atom. The van der Waals surface area contributed by atoms with Crippen molar-refractivity contribution in [2.45, 2.75) is 6.54 Å². The van der Waals surface area contributed by atoms with E-state index in [1.807, 2.05) is 19.3 Å². The highest BCUT2D eigenvalue weighted by Crippen LogP contribution is 2.24. The molecular weight excluding hydrogens is 285 g/mol. The summed E-state index contributed by atoms with van der Waals surface area (Å²) in [5, 5.41) is 9.22. The second-order valence-corrected chi connectivity index (χ2v) is 5.09. The Hall–Kier alpha value is -1.14. The van der Waals surface area contributed by atoms with E-state index in [1.54, 1.807) is 16.8 Å². The van der Waals surface area contributed by atoms with Crippen molar-refractivity contribution >= 4 is 23.2 Å². The van der Waals surface area contributed by atoms with E-state index in [2.05, 4.69) is 15.2 Å². The predicted molar refractivity (Wildman–Crippen MR) is 76.8 cm³/mol. The van der Waals surface area contributed by atoms with Crippen molar-refractivity contribution < 1.29 is 0 Å². The van der Waals surface area contributed by atoms with Gasteiger partial charge in [0.15, 0.2) is 0 Å². The molecule has 0 atom stereocenters. The van der Waals surface area contributed by atoms with E-state index in [0.717, 1.165) is 17.9 Å². The predicted octanol–water partition coefficient (Wildman–Crippen LogP) is 1.96. The first-order chi connectivity index (χ1) is 9.10. The maximum absolute atomic E-state index is 5.98. The van der Waals surface area contributed by atoms with Crippen molar-refractivity contribution in [2.75, 3.05) is 20.1 Å². The Kier molecular flexibility index (Phi) is 4.76. The minimum atomic E-state index is 0.497. The number of nitrogens with two attached hydrogens (primary N) is 1. The van der Waals surface area contributed by atoms with E-state index in [4.69, 9.17) is 28.9 Å². The molecule has 7 heteroatoms. The van der Waals surface area contributed by atoms with Crippen LogP contribution in [0.4, 0.5) is 0 Å². The van der Waals surface area contributed by atoms with Gasteiger partial charge in [-0.1, -0.05) is 28.4 Å². The number of aromatic nitrogens is 3. The molecule has 2 aromatic rings. The van der Waals surface area contributed by atoms with E-state index in [9.17, 15) is 0 Å². The average molecular weight is 300 g/mol. The maximum atomic E-state index is 5.98. The molecule has 0 amide bonds. The van der Waals surface area contributed by atoms with Crippen LogP contribution >= 0.6 is 23.2 Å². The minimum absolute atomic E-state index is 0.497. The van der Waals surface area contributed by atoms with Crippen LogP contribution in [0.1, 0.15) is 5.69 Å². The van der Waals surface area contributed by atoms with Gasteiger partial charge in [0.25, 0.3) is 0 Å². The summed E-state index contributed by atoms with van der Waals surface area (Å²) in [4.78, 5) is 2.09. The zero-order valence-corrected chi connectivity index (χ0v) is 12.1. The van der Waals surface area contributed by atoms with Crippen LogP contribution in [0, 0.1) is 0 Å². The molecule has 0 aliphatic carbocycles. The zero-order chi connectivity index (χ0) is 13.8. The van der Waals surface area contributed by atoms with Crippen LogP contribution in [0.2, 0.25) is 10.0 Å². The van der Waals surface area contributed by atoms with Crippen LogP contribution in [0.3, 0.4) is 0 Å². The molecule has 0 unspecified atom stereocenters. The highest BCUT2D eigenvalue weighted by molar-refractivity contribution is 6.42. The molecular formula is C12H15Cl2N5. The third-order valence-electron chi connectivity index (χ3n) is 2.65. The second kappa shape index (κ2) is 6.34. The first-order valence-electron chi connectivity index (χ1n) is 5.85. The van der Waals surface area contributed by atoms with Gasteiger partial charge in [-0.15, -0.1) is 5.10 Å². The summed E-state index contributed by atoms with van der Waals surface area (Å²) in [6.07, 6.45) is 1.87. The Labute approximate surface area is 121 Å².